The summed E-state index contributed by atoms with van der Waals surface area (Å²) in [7, 11) is -3.34. The fourth-order valence-electron chi connectivity index (χ4n) is 2.30. The van der Waals surface area contributed by atoms with E-state index in [0.29, 0.717) is 22.4 Å². The maximum Gasteiger partial charge on any atom is 0.573 e. The summed E-state index contributed by atoms with van der Waals surface area (Å²) in [4.78, 5) is 7.49. The number of benzene rings is 2. The Balaban J connectivity index is 1.94. The normalized spacial score (nSPS) is 12.5. The average Bonchev–Trinajstić information content (AvgIpc) is 2.97. The van der Waals surface area contributed by atoms with E-state index in [9.17, 15) is 21.6 Å². The smallest absolute Gasteiger partial charge is 0.406 e. The highest BCUT2D eigenvalue weighted by Gasteiger charge is 2.31. The van der Waals surface area contributed by atoms with Gasteiger partial charge in [0.1, 0.15) is 11.6 Å². The molecule has 0 saturated carbocycles. The van der Waals surface area contributed by atoms with Crippen LogP contribution in [0.3, 0.4) is 0 Å². The third-order valence-electron chi connectivity index (χ3n) is 3.55. The lowest BCUT2D eigenvalue weighted by Crippen LogP contribution is -2.16. The third-order valence-corrected chi connectivity index (χ3v) is 5.29. The fourth-order valence-corrected chi connectivity index (χ4v) is 3.21. The molecule has 0 atom stereocenters. The van der Waals surface area contributed by atoms with Crippen molar-refractivity contribution in [2.75, 3.05) is 5.75 Å². The zero-order valence-electron chi connectivity index (χ0n) is 13.0. The minimum absolute atomic E-state index is 0.0137. The summed E-state index contributed by atoms with van der Waals surface area (Å²) >= 11 is 0. The van der Waals surface area contributed by atoms with Gasteiger partial charge in [-0.2, -0.15) is 0 Å². The van der Waals surface area contributed by atoms with Gasteiger partial charge in [-0.15, -0.1) is 13.2 Å². The second-order valence-electron chi connectivity index (χ2n) is 5.24. The predicted molar refractivity (Wildman–Crippen MR) is 85.9 cm³/mol. The van der Waals surface area contributed by atoms with Gasteiger partial charge in [0.15, 0.2) is 9.84 Å². The number of sulfone groups is 1. The van der Waals surface area contributed by atoms with Crippen LogP contribution in [0.1, 0.15) is 6.92 Å². The van der Waals surface area contributed by atoms with Crippen LogP contribution in [0, 0.1) is 0 Å². The highest BCUT2D eigenvalue weighted by atomic mass is 32.2. The Morgan fingerprint density at radius 2 is 1.80 bits per heavy atom. The molecule has 0 amide bonds. The van der Waals surface area contributed by atoms with Gasteiger partial charge >= 0.3 is 6.36 Å². The number of hydrogen-bond acceptors (Lipinski definition) is 4. The first kappa shape index (κ1) is 17.3. The molecule has 132 valence electrons. The van der Waals surface area contributed by atoms with Gasteiger partial charge < -0.3 is 9.72 Å². The fraction of sp³-hybridized carbons (Fsp3) is 0.188. The average molecular weight is 370 g/mol. The number of fused-ring (bicyclic) bond motifs is 1. The van der Waals surface area contributed by atoms with E-state index in [-0.39, 0.29) is 16.4 Å². The molecule has 0 fully saturated rings. The van der Waals surface area contributed by atoms with Crippen LogP contribution in [0.25, 0.3) is 22.4 Å². The van der Waals surface area contributed by atoms with E-state index in [1.54, 1.807) is 13.0 Å². The molecule has 0 radical (unpaired) electrons. The number of aromatic amines is 1. The predicted octanol–water partition coefficient (Wildman–Crippen LogP) is 3.92. The van der Waals surface area contributed by atoms with Gasteiger partial charge in [-0.25, -0.2) is 13.4 Å². The van der Waals surface area contributed by atoms with Crippen LogP contribution in [0.4, 0.5) is 13.2 Å². The first-order chi connectivity index (χ1) is 11.7. The number of imidazole rings is 1. The molecule has 9 heteroatoms. The van der Waals surface area contributed by atoms with Crippen molar-refractivity contribution in [3.05, 3.63) is 42.5 Å². The molecule has 0 aliphatic heterocycles. The summed E-state index contributed by atoms with van der Waals surface area (Å²) in [6, 6.07) is 9.79. The van der Waals surface area contributed by atoms with E-state index in [0.717, 1.165) is 0 Å². The van der Waals surface area contributed by atoms with Crippen molar-refractivity contribution in [2.24, 2.45) is 0 Å². The van der Waals surface area contributed by atoms with E-state index in [1.165, 1.54) is 36.4 Å². The Morgan fingerprint density at radius 1 is 1.12 bits per heavy atom. The Bertz CT molecular complexity index is 1010. The highest BCUT2D eigenvalue weighted by Crippen LogP contribution is 2.27. The van der Waals surface area contributed by atoms with Crippen LogP contribution in [0.2, 0.25) is 0 Å². The topological polar surface area (TPSA) is 72.1 Å². The number of nitrogens with zero attached hydrogens (tertiary/aromatic N) is 1. The van der Waals surface area contributed by atoms with Gasteiger partial charge in [0, 0.05) is 5.56 Å². The number of nitrogens with one attached hydrogen (secondary N) is 1. The lowest BCUT2D eigenvalue weighted by Gasteiger charge is -2.08. The Morgan fingerprint density at radius 3 is 2.40 bits per heavy atom. The number of alkyl halides is 3. The van der Waals surface area contributed by atoms with Crippen LogP contribution < -0.4 is 4.74 Å². The van der Waals surface area contributed by atoms with Crippen molar-refractivity contribution in [3.8, 4) is 17.1 Å². The summed E-state index contributed by atoms with van der Waals surface area (Å²) in [6.07, 6.45) is -4.75. The van der Waals surface area contributed by atoms with Crippen molar-refractivity contribution in [1.29, 1.82) is 0 Å². The zero-order chi connectivity index (χ0) is 18.2. The molecule has 2 aromatic carbocycles. The molecule has 3 aromatic rings. The maximum absolute atomic E-state index is 12.2. The summed E-state index contributed by atoms with van der Waals surface area (Å²) in [5.41, 5.74) is 1.63. The molecule has 0 spiro atoms. The largest absolute Gasteiger partial charge is 0.573 e. The number of H-pyrrole nitrogens is 1. The van der Waals surface area contributed by atoms with Crippen molar-refractivity contribution in [2.45, 2.75) is 18.2 Å². The van der Waals surface area contributed by atoms with Crippen LogP contribution in [0.15, 0.2) is 47.4 Å². The van der Waals surface area contributed by atoms with E-state index in [1.807, 2.05) is 0 Å². The lowest BCUT2D eigenvalue weighted by atomic mass is 10.2. The molecular weight excluding hydrogens is 357 g/mol. The van der Waals surface area contributed by atoms with Gasteiger partial charge in [-0.1, -0.05) is 6.92 Å². The number of rotatable bonds is 4. The summed E-state index contributed by atoms with van der Waals surface area (Å²) in [6.45, 7) is 1.56. The van der Waals surface area contributed by atoms with E-state index in [2.05, 4.69) is 14.7 Å². The van der Waals surface area contributed by atoms with Crippen LogP contribution >= 0.6 is 0 Å². The molecule has 0 unspecified atom stereocenters. The summed E-state index contributed by atoms with van der Waals surface area (Å²) in [5, 5.41) is 0. The van der Waals surface area contributed by atoms with E-state index >= 15 is 0 Å². The third kappa shape index (κ3) is 3.76. The summed E-state index contributed by atoms with van der Waals surface area (Å²) < 4.78 is 64.2. The monoisotopic (exact) mass is 370 g/mol. The molecule has 0 aliphatic rings. The molecule has 25 heavy (non-hydrogen) atoms. The van der Waals surface area contributed by atoms with Crippen molar-refractivity contribution in [1.82, 2.24) is 9.97 Å². The van der Waals surface area contributed by atoms with Gasteiger partial charge in [-0.05, 0) is 42.5 Å². The zero-order valence-corrected chi connectivity index (χ0v) is 13.8. The van der Waals surface area contributed by atoms with Crippen molar-refractivity contribution in [3.63, 3.8) is 0 Å². The number of ether oxygens (including phenoxy) is 1. The quantitative estimate of drug-likeness (QED) is 0.756. The van der Waals surface area contributed by atoms with Gasteiger partial charge in [0.05, 0.1) is 21.7 Å². The van der Waals surface area contributed by atoms with Crippen molar-refractivity contribution < 1.29 is 26.3 Å². The lowest BCUT2D eigenvalue weighted by molar-refractivity contribution is -0.274. The molecule has 1 heterocycles. The van der Waals surface area contributed by atoms with E-state index in [4.69, 9.17) is 0 Å². The summed E-state index contributed by atoms with van der Waals surface area (Å²) in [5.74, 6) is 0.0727. The van der Waals surface area contributed by atoms with Crippen LogP contribution in [-0.2, 0) is 9.84 Å². The number of halogens is 3. The first-order valence-electron chi connectivity index (χ1n) is 7.27. The molecule has 3 rings (SSSR count). The highest BCUT2D eigenvalue weighted by molar-refractivity contribution is 7.91. The molecule has 1 N–H and O–H groups in total. The van der Waals surface area contributed by atoms with Crippen LogP contribution in [0.5, 0.6) is 5.75 Å². The van der Waals surface area contributed by atoms with Gasteiger partial charge in [0.25, 0.3) is 0 Å². The molecule has 0 aliphatic carbocycles. The molecule has 5 nitrogen and oxygen atoms in total. The van der Waals surface area contributed by atoms with Gasteiger partial charge in [-0.3, -0.25) is 0 Å². The van der Waals surface area contributed by atoms with Crippen LogP contribution in [-0.4, -0.2) is 30.5 Å². The van der Waals surface area contributed by atoms with E-state index < -0.39 is 16.2 Å². The molecule has 1 aromatic heterocycles. The second-order valence-corrected chi connectivity index (χ2v) is 7.52. The molecule has 0 saturated heterocycles. The Labute approximate surface area is 141 Å². The number of aromatic nitrogens is 2. The maximum atomic E-state index is 12.2. The Hall–Kier alpha value is -2.55. The Kier molecular flexibility index (Phi) is 4.19. The first-order valence-corrected chi connectivity index (χ1v) is 8.92. The second kappa shape index (κ2) is 6.07. The minimum atomic E-state index is -4.75. The standard InChI is InChI=1S/C16H13F3N2O3S/c1-2-25(22,23)12-7-8-13-14(9-12)21-15(20-13)10-3-5-11(6-4-10)24-16(17,18)19/h3-9H,2H2,1H3,(H,20,21). The SMILES string of the molecule is CCS(=O)(=O)c1ccc2nc(-c3ccc(OC(F)(F)F)cc3)[nH]c2c1. The number of hydrogen-bond donors (Lipinski definition) is 1. The molecular formula is C16H13F3N2O3S. The minimum Gasteiger partial charge on any atom is -0.406 e. The molecule has 0 bridgehead atoms. The van der Waals surface area contributed by atoms with Crippen molar-refractivity contribution >= 4 is 20.9 Å². The van der Waals surface area contributed by atoms with Gasteiger partial charge in [0.2, 0.25) is 0 Å².